The maximum Gasteiger partial charge on any atom is 0.416 e. The largest absolute Gasteiger partial charge is 0.416 e. The van der Waals surface area contributed by atoms with Gasteiger partial charge in [0.15, 0.2) is 0 Å². The van der Waals surface area contributed by atoms with Gasteiger partial charge in [0.05, 0.1) is 21.7 Å². The fourth-order valence-corrected chi connectivity index (χ4v) is 3.56. The van der Waals surface area contributed by atoms with E-state index >= 15 is 0 Å². The topological polar surface area (TPSA) is 15.3 Å². The molecule has 0 bridgehead atoms. The van der Waals surface area contributed by atoms with Gasteiger partial charge in [0.2, 0.25) is 0 Å². The molecule has 2 nitrogen and oxygen atoms in total. The molecule has 1 heterocycles. The molecular weight excluding hydrogens is 372 g/mol. The monoisotopic (exact) mass is 388 g/mol. The fourth-order valence-electron chi connectivity index (χ4n) is 3.14. The maximum absolute atomic E-state index is 13.1. The Bertz CT molecular complexity index is 743. The number of halogens is 5. The van der Waals surface area contributed by atoms with Crippen LogP contribution in [0.3, 0.4) is 0 Å². The Morgan fingerprint density at radius 1 is 1.00 bits per heavy atom. The minimum atomic E-state index is -4.39. The zero-order chi connectivity index (χ0) is 18.0. The highest BCUT2D eigenvalue weighted by molar-refractivity contribution is 6.42. The van der Waals surface area contributed by atoms with Crippen molar-refractivity contribution in [2.24, 2.45) is 0 Å². The van der Waals surface area contributed by atoms with Crippen LogP contribution in [0.25, 0.3) is 0 Å². The van der Waals surface area contributed by atoms with Gasteiger partial charge in [-0.2, -0.15) is 13.2 Å². The van der Waals surface area contributed by atoms with Crippen LogP contribution < -0.4 is 5.32 Å². The molecule has 0 spiro atoms. The van der Waals surface area contributed by atoms with E-state index in [0.29, 0.717) is 28.7 Å². The normalized spacial score (nSPS) is 17.5. The van der Waals surface area contributed by atoms with Crippen molar-refractivity contribution >= 4 is 23.2 Å². The van der Waals surface area contributed by atoms with Gasteiger partial charge in [-0.1, -0.05) is 47.5 Å². The van der Waals surface area contributed by atoms with Crippen molar-refractivity contribution in [3.8, 4) is 0 Å². The van der Waals surface area contributed by atoms with Crippen LogP contribution in [0.5, 0.6) is 0 Å². The second kappa shape index (κ2) is 7.54. The van der Waals surface area contributed by atoms with Crippen LogP contribution in [0.2, 0.25) is 10.0 Å². The van der Waals surface area contributed by atoms with Crippen molar-refractivity contribution in [1.82, 2.24) is 10.2 Å². The molecule has 2 aromatic rings. The van der Waals surface area contributed by atoms with E-state index in [1.165, 1.54) is 12.1 Å². The smallest absolute Gasteiger partial charge is 0.314 e. The number of piperazine rings is 1. The Labute approximate surface area is 154 Å². The van der Waals surface area contributed by atoms with Gasteiger partial charge in [-0.3, -0.25) is 4.90 Å². The summed E-state index contributed by atoms with van der Waals surface area (Å²) in [5.41, 5.74) is 0.611. The van der Waals surface area contributed by atoms with Gasteiger partial charge in [-0.05, 0) is 29.3 Å². The first-order chi connectivity index (χ1) is 11.9. The highest BCUT2D eigenvalue weighted by Crippen LogP contribution is 2.38. The van der Waals surface area contributed by atoms with Gasteiger partial charge in [0, 0.05) is 26.2 Å². The molecule has 0 aliphatic carbocycles. The lowest BCUT2D eigenvalue weighted by Gasteiger charge is -2.36. The van der Waals surface area contributed by atoms with E-state index in [9.17, 15) is 13.2 Å². The lowest BCUT2D eigenvalue weighted by Crippen LogP contribution is -2.45. The van der Waals surface area contributed by atoms with Gasteiger partial charge in [0.25, 0.3) is 0 Å². The number of benzene rings is 2. The van der Waals surface area contributed by atoms with Gasteiger partial charge < -0.3 is 5.32 Å². The Morgan fingerprint density at radius 3 is 2.36 bits per heavy atom. The SMILES string of the molecule is FC(F)(F)c1cccc(C(c2cccc(Cl)c2Cl)N2CCNCC2)c1. The van der Waals surface area contributed by atoms with Crippen LogP contribution in [0.4, 0.5) is 13.2 Å². The third-order valence-electron chi connectivity index (χ3n) is 4.32. The number of alkyl halides is 3. The van der Waals surface area contributed by atoms with E-state index in [4.69, 9.17) is 23.2 Å². The first-order valence-corrected chi connectivity index (χ1v) is 8.69. The molecule has 25 heavy (non-hydrogen) atoms. The Morgan fingerprint density at radius 2 is 1.68 bits per heavy atom. The predicted octanol–water partition coefficient (Wildman–Crippen LogP) is 5.01. The quantitative estimate of drug-likeness (QED) is 0.794. The standard InChI is InChI=1S/C18H17Cl2F3N2/c19-15-6-2-5-14(16(15)20)17(25-9-7-24-8-10-25)12-3-1-4-13(11-12)18(21,22)23/h1-6,11,17,24H,7-10H2. The molecule has 0 saturated carbocycles. The van der Waals surface area contributed by atoms with Crippen LogP contribution in [-0.2, 0) is 6.18 Å². The number of hydrogen-bond donors (Lipinski definition) is 1. The average molecular weight is 389 g/mol. The minimum absolute atomic E-state index is 0.379. The summed E-state index contributed by atoms with van der Waals surface area (Å²) in [7, 11) is 0. The van der Waals surface area contributed by atoms with Crippen molar-refractivity contribution in [2.45, 2.75) is 12.2 Å². The molecule has 1 saturated heterocycles. The molecular formula is C18H17Cl2F3N2. The predicted molar refractivity (Wildman–Crippen MR) is 94.2 cm³/mol. The first-order valence-electron chi connectivity index (χ1n) is 7.94. The van der Waals surface area contributed by atoms with Crippen LogP contribution in [0, 0.1) is 0 Å². The Balaban J connectivity index is 2.10. The minimum Gasteiger partial charge on any atom is -0.314 e. The summed E-state index contributed by atoms with van der Waals surface area (Å²) in [6.07, 6.45) is -4.39. The van der Waals surface area contributed by atoms with E-state index in [2.05, 4.69) is 10.2 Å². The molecule has 7 heteroatoms. The van der Waals surface area contributed by atoms with E-state index in [0.717, 1.165) is 24.7 Å². The van der Waals surface area contributed by atoms with Crippen LogP contribution >= 0.6 is 23.2 Å². The number of hydrogen-bond acceptors (Lipinski definition) is 2. The summed E-state index contributed by atoms with van der Waals surface area (Å²) in [5.74, 6) is 0. The van der Waals surface area contributed by atoms with Crippen molar-refractivity contribution in [2.75, 3.05) is 26.2 Å². The lowest BCUT2D eigenvalue weighted by atomic mass is 9.95. The van der Waals surface area contributed by atoms with Gasteiger partial charge in [-0.25, -0.2) is 0 Å². The van der Waals surface area contributed by atoms with Crippen molar-refractivity contribution in [1.29, 1.82) is 0 Å². The van der Waals surface area contributed by atoms with Gasteiger partial charge in [-0.15, -0.1) is 0 Å². The fraction of sp³-hybridized carbons (Fsp3) is 0.333. The summed E-state index contributed by atoms with van der Waals surface area (Å²) < 4.78 is 39.4. The zero-order valence-corrected chi connectivity index (χ0v) is 14.8. The van der Waals surface area contributed by atoms with E-state index in [1.807, 2.05) is 6.07 Å². The van der Waals surface area contributed by atoms with Crippen molar-refractivity contribution < 1.29 is 13.2 Å². The van der Waals surface area contributed by atoms with Crippen molar-refractivity contribution in [3.63, 3.8) is 0 Å². The summed E-state index contributed by atoms with van der Waals surface area (Å²) in [5, 5.41) is 4.03. The third kappa shape index (κ3) is 4.11. The van der Waals surface area contributed by atoms with Crippen LogP contribution in [0.15, 0.2) is 42.5 Å². The first kappa shape index (κ1) is 18.5. The maximum atomic E-state index is 13.1. The van der Waals surface area contributed by atoms with E-state index in [1.54, 1.807) is 18.2 Å². The molecule has 0 radical (unpaired) electrons. The second-order valence-corrected chi connectivity index (χ2v) is 6.74. The van der Waals surface area contributed by atoms with Gasteiger partial charge >= 0.3 is 6.18 Å². The molecule has 3 rings (SSSR count). The van der Waals surface area contributed by atoms with E-state index < -0.39 is 11.7 Å². The molecule has 1 aliphatic rings. The van der Waals surface area contributed by atoms with E-state index in [-0.39, 0.29) is 6.04 Å². The molecule has 1 atom stereocenters. The third-order valence-corrected chi connectivity index (χ3v) is 5.16. The molecule has 1 fully saturated rings. The van der Waals surface area contributed by atoms with Gasteiger partial charge in [0.1, 0.15) is 0 Å². The number of rotatable bonds is 3. The molecule has 1 aliphatic heterocycles. The molecule has 0 aromatic heterocycles. The Kier molecular flexibility index (Phi) is 5.58. The molecule has 1 unspecified atom stereocenters. The number of nitrogens with one attached hydrogen (secondary N) is 1. The summed E-state index contributed by atoms with van der Waals surface area (Å²) in [6.45, 7) is 2.97. The highest BCUT2D eigenvalue weighted by atomic mass is 35.5. The summed E-state index contributed by atoms with van der Waals surface area (Å²) in [6, 6.07) is 10.3. The lowest BCUT2D eigenvalue weighted by molar-refractivity contribution is -0.137. The molecule has 1 N–H and O–H groups in total. The molecule has 0 amide bonds. The molecule has 2 aromatic carbocycles. The Hall–Kier alpha value is -1.27. The zero-order valence-electron chi connectivity index (χ0n) is 13.3. The highest BCUT2D eigenvalue weighted by Gasteiger charge is 2.33. The molecule has 134 valence electrons. The average Bonchev–Trinajstić information content (AvgIpc) is 2.59. The van der Waals surface area contributed by atoms with Crippen LogP contribution in [-0.4, -0.2) is 31.1 Å². The van der Waals surface area contributed by atoms with Crippen LogP contribution in [0.1, 0.15) is 22.7 Å². The second-order valence-electron chi connectivity index (χ2n) is 5.95. The summed E-state index contributed by atoms with van der Waals surface area (Å²) in [4.78, 5) is 2.13. The summed E-state index contributed by atoms with van der Waals surface area (Å²) >= 11 is 12.5. The number of nitrogens with zero attached hydrogens (tertiary/aromatic N) is 1. The van der Waals surface area contributed by atoms with Crippen molar-refractivity contribution in [3.05, 3.63) is 69.2 Å².